The average Bonchev–Trinajstić information content (AvgIpc) is 2.29. The van der Waals surface area contributed by atoms with Gasteiger partial charge in [-0.2, -0.15) is 0 Å². The molecule has 1 aliphatic rings. The Bertz CT molecular complexity index is 391. The normalized spacial score (nSPS) is 24.8. The Morgan fingerprint density at radius 1 is 1.18 bits per heavy atom. The van der Waals surface area contributed by atoms with Crippen molar-refractivity contribution >= 4 is 5.91 Å². The molecule has 0 saturated carbocycles. The van der Waals surface area contributed by atoms with Crippen molar-refractivity contribution in [2.24, 2.45) is 0 Å². The number of carbonyl (C=O) groups is 1. The maximum absolute atomic E-state index is 12.8. The second-order valence-corrected chi connectivity index (χ2v) is 4.85. The lowest BCUT2D eigenvalue weighted by atomic mass is 9.96. The van der Waals surface area contributed by atoms with E-state index in [1.165, 1.54) is 18.6 Å². The van der Waals surface area contributed by atoms with Gasteiger partial charge in [-0.15, -0.1) is 0 Å². The third-order valence-corrected chi connectivity index (χ3v) is 3.52. The van der Waals surface area contributed by atoms with Crippen molar-refractivity contribution in [3.63, 3.8) is 0 Å². The molecule has 3 heteroatoms. The summed E-state index contributed by atoms with van der Waals surface area (Å²) < 4.78 is 12.8. The van der Waals surface area contributed by atoms with Crippen LogP contribution in [0, 0.1) is 5.82 Å². The molecule has 1 aromatic carbocycles. The van der Waals surface area contributed by atoms with Crippen molar-refractivity contribution in [3.8, 4) is 0 Å². The summed E-state index contributed by atoms with van der Waals surface area (Å²) in [6.07, 6.45) is 3.28. The molecule has 2 rings (SSSR count). The molecular formula is C14H18FNO. The van der Waals surface area contributed by atoms with Gasteiger partial charge < -0.3 is 4.90 Å². The maximum Gasteiger partial charge on any atom is 0.254 e. The van der Waals surface area contributed by atoms with Crippen LogP contribution in [0.3, 0.4) is 0 Å². The minimum Gasteiger partial charge on any atom is -0.333 e. The van der Waals surface area contributed by atoms with Gasteiger partial charge >= 0.3 is 0 Å². The molecule has 1 amide bonds. The molecule has 1 fully saturated rings. The summed E-state index contributed by atoms with van der Waals surface area (Å²) in [6, 6.07) is 6.35. The monoisotopic (exact) mass is 235 g/mol. The molecular weight excluding hydrogens is 217 g/mol. The van der Waals surface area contributed by atoms with Crippen LogP contribution in [0.2, 0.25) is 0 Å². The van der Waals surface area contributed by atoms with Gasteiger partial charge in [0.15, 0.2) is 0 Å². The Balaban J connectivity index is 2.20. The summed E-state index contributed by atoms with van der Waals surface area (Å²) in [5.74, 6) is -0.286. The van der Waals surface area contributed by atoms with E-state index in [2.05, 4.69) is 13.8 Å². The zero-order valence-corrected chi connectivity index (χ0v) is 10.3. The molecule has 92 valence electrons. The predicted molar refractivity (Wildman–Crippen MR) is 65.3 cm³/mol. The topological polar surface area (TPSA) is 20.3 Å². The number of likely N-dealkylation sites (tertiary alicyclic amines) is 1. The van der Waals surface area contributed by atoms with E-state index in [1.807, 2.05) is 4.90 Å². The zero-order valence-electron chi connectivity index (χ0n) is 10.3. The second kappa shape index (κ2) is 4.86. The molecule has 1 aliphatic heterocycles. The number of carbonyl (C=O) groups excluding carboxylic acids is 1. The van der Waals surface area contributed by atoms with Crippen molar-refractivity contribution in [2.75, 3.05) is 0 Å². The summed E-state index contributed by atoms with van der Waals surface area (Å²) in [6.45, 7) is 4.16. The van der Waals surface area contributed by atoms with E-state index < -0.39 is 0 Å². The van der Waals surface area contributed by atoms with Crippen LogP contribution < -0.4 is 0 Å². The van der Waals surface area contributed by atoms with Gasteiger partial charge in [-0.25, -0.2) is 4.39 Å². The quantitative estimate of drug-likeness (QED) is 0.731. The Kier molecular flexibility index (Phi) is 3.46. The van der Waals surface area contributed by atoms with Gasteiger partial charge in [-0.05, 0) is 57.4 Å². The van der Waals surface area contributed by atoms with Crippen LogP contribution in [0.25, 0.3) is 0 Å². The SMILES string of the molecule is C[C@@H]1CCC[C@@H](C)N1C(=O)c1ccc(F)cc1. The molecule has 2 atom stereocenters. The van der Waals surface area contributed by atoms with Crippen molar-refractivity contribution in [3.05, 3.63) is 35.6 Å². The maximum atomic E-state index is 12.8. The summed E-state index contributed by atoms with van der Waals surface area (Å²) in [7, 11) is 0. The van der Waals surface area contributed by atoms with Crippen LogP contribution in [-0.4, -0.2) is 22.9 Å². The molecule has 0 bridgehead atoms. The standard InChI is InChI=1S/C14H18FNO/c1-10-4-3-5-11(2)16(10)14(17)12-6-8-13(15)9-7-12/h6-11H,3-5H2,1-2H3/t10-,11-/m1/s1. The van der Waals surface area contributed by atoms with Gasteiger partial charge in [0.2, 0.25) is 0 Å². The molecule has 0 aromatic heterocycles. The van der Waals surface area contributed by atoms with Gasteiger partial charge in [0.25, 0.3) is 5.91 Å². The highest BCUT2D eigenvalue weighted by atomic mass is 19.1. The number of hydrogen-bond donors (Lipinski definition) is 0. The molecule has 0 aliphatic carbocycles. The number of nitrogens with zero attached hydrogens (tertiary/aromatic N) is 1. The number of rotatable bonds is 1. The molecule has 1 heterocycles. The number of hydrogen-bond acceptors (Lipinski definition) is 1. The highest BCUT2D eigenvalue weighted by Crippen LogP contribution is 2.24. The van der Waals surface area contributed by atoms with Gasteiger partial charge in [-0.3, -0.25) is 4.79 Å². The Labute approximate surface area is 101 Å². The fraction of sp³-hybridized carbons (Fsp3) is 0.500. The fourth-order valence-electron chi connectivity index (χ4n) is 2.56. The minimum absolute atomic E-state index is 0.0182. The average molecular weight is 235 g/mol. The smallest absolute Gasteiger partial charge is 0.254 e. The van der Waals surface area contributed by atoms with Crippen LogP contribution in [0.5, 0.6) is 0 Å². The van der Waals surface area contributed by atoms with E-state index in [4.69, 9.17) is 0 Å². The first kappa shape index (κ1) is 12.1. The van der Waals surface area contributed by atoms with Crippen molar-refractivity contribution in [2.45, 2.75) is 45.2 Å². The largest absolute Gasteiger partial charge is 0.333 e. The molecule has 17 heavy (non-hydrogen) atoms. The number of amides is 1. The molecule has 1 aromatic rings. The lowest BCUT2D eigenvalue weighted by Crippen LogP contribution is -2.47. The van der Waals surface area contributed by atoms with Crippen LogP contribution in [0.15, 0.2) is 24.3 Å². The van der Waals surface area contributed by atoms with Gasteiger partial charge in [0.1, 0.15) is 5.82 Å². The van der Waals surface area contributed by atoms with Crippen molar-refractivity contribution < 1.29 is 9.18 Å². The third-order valence-electron chi connectivity index (χ3n) is 3.52. The van der Waals surface area contributed by atoms with Crippen molar-refractivity contribution in [1.29, 1.82) is 0 Å². The zero-order chi connectivity index (χ0) is 12.4. The van der Waals surface area contributed by atoms with Crippen LogP contribution in [-0.2, 0) is 0 Å². The first-order chi connectivity index (χ1) is 8.09. The van der Waals surface area contributed by atoms with E-state index in [9.17, 15) is 9.18 Å². The van der Waals surface area contributed by atoms with E-state index in [-0.39, 0.29) is 23.8 Å². The Morgan fingerprint density at radius 3 is 2.24 bits per heavy atom. The lowest BCUT2D eigenvalue weighted by molar-refractivity contribution is 0.0510. The van der Waals surface area contributed by atoms with Crippen LogP contribution in [0.1, 0.15) is 43.5 Å². The van der Waals surface area contributed by atoms with Crippen molar-refractivity contribution in [1.82, 2.24) is 4.90 Å². The number of benzene rings is 1. The first-order valence-electron chi connectivity index (χ1n) is 6.18. The summed E-state index contributed by atoms with van der Waals surface area (Å²) in [4.78, 5) is 14.3. The second-order valence-electron chi connectivity index (χ2n) is 4.85. The Hall–Kier alpha value is -1.38. The number of halogens is 1. The minimum atomic E-state index is -0.304. The molecule has 1 saturated heterocycles. The van der Waals surface area contributed by atoms with Gasteiger partial charge in [0, 0.05) is 17.6 Å². The molecule has 0 N–H and O–H groups in total. The van der Waals surface area contributed by atoms with E-state index in [0.717, 1.165) is 12.8 Å². The predicted octanol–water partition coefficient (Wildman–Crippen LogP) is 3.23. The number of piperidine rings is 1. The molecule has 0 spiro atoms. The summed E-state index contributed by atoms with van der Waals surface area (Å²) in [5.41, 5.74) is 0.576. The fourth-order valence-corrected chi connectivity index (χ4v) is 2.56. The third kappa shape index (κ3) is 2.48. The van der Waals surface area contributed by atoms with Crippen LogP contribution >= 0.6 is 0 Å². The Morgan fingerprint density at radius 2 is 1.71 bits per heavy atom. The first-order valence-corrected chi connectivity index (χ1v) is 6.18. The summed E-state index contributed by atoms with van der Waals surface area (Å²) >= 11 is 0. The highest BCUT2D eigenvalue weighted by molar-refractivity contribution is 5.94. The highest BCUT2D eigenvalue weighted by Gasteiger charge is 2.29. The van der Waals surface area contributed by atoms with Gasteiger partial charge in [-0.1, -0.05) is 0 Å². The van der Waals surface area contributed by atoms with E-state index in [1.54, 1.807) is 12.1 Å². The van der Waals surface area contributed by atoms with E-state index >= 15 is 0 Å². The summed E-state index contributed by atoms with van der Waals surface area (Å²) in [5, 5.41) is 0. The molecule has 0 unspecified atom stereocenters. The van der Waals surface area contributed by atoms with E-state index in [0.29, 0.717) is 5.56 Å². The lowest BCUT2D eigenvalue weighted by Gasteiger charge is -2.39. The molecule has 2 nitrogen and oxygen atoms in total. The van der Waals surface area contributed by atoms with Gasteiger partial charge in [0.05, 0.1) is 0 Å². The van der Waals surface area contributed by atoms with Crippen LogP contribution in [0.4, 0.5) is 4.39 Å². The molecule has 0 radical (unpaired) electrons.